The molecule has 0 aliphatic rings. The van der Waals surface area contributed by atoms with E-state index in [-0.39, 0.29) is 11.4 Å². The zero-order valence-electron chi connectivity index (χ0n) is 18.9. The molecule has 0 saturated heterocycles. The highest BCUT2D eigenvalue weighted by Gasteiger charge is 2.30. The summed E-state index contributed by atoms with van der Waals surface area (Å²) in [6.07, 6.45) is -3.32. The number of hydrogen-bond acceptors (Lipinski definition) is 5. The van der Waals surface area contributed by atoms with Gasteiger partial charge in [-0.05, 0) is 55.0 Å². The fourth-order valence-corrected chi connectivity index (χ4v) is 2.95. The Balaban J connectivity index is 1.54. The summed E-state index contributed by atoms with van der Waals surface area (Å²) in [5.41, 5.74) is 2.93. The Bertz CT molecular complexity index is 1290. The summed E-state index contributed by atoms with van der Waals surface area (Å²) in [6, 6.07) is 17.5. The number of rotatable bonds is 7. The van der Waals surface area contributed by atoms with Gasteiger partial charge in [0.2, 0.25) is 0 Å². The number of aryl methyl sites for hydroxylation is 1. The van der Waals surface area contributed by atoms with Crippen LogP contribution in [-0.2, 0) is 20.6 Å². The predicted molar refractivity (Wildman–Crippen MR) is 128 cm³/mol. The molecule has 0 aliphatic carbocycles. The highest BCUT2D eigenvalue weighted by atomic mass is 19.4. The van der Waals surface area contributed by atoms with Gasteiger partial charge in [0.15, 0.2) is 6.61 Å². The lowest BCUT2D eigenvalue weighted by atomic mass is 10.2. The molecule has 11 heteroatoms. The van der Waals surface area contributed by atoms with Crippen LogP contribution in [-0.4, -0.2) is 30.5 Å². The van der Waals surface area contributed by atoms with Gasteiger partial charge in [-0.3, -0.25) is 14.4 Å². The summed E-state index contributed by atoms with van der Waals surface area (Å²) in [7, 11) is 0. The molecule has 3 rings (SSSR count). The van der Waals surface area contributed by atoms with Crippen LogP contribution in [0.25, 0.3) is 0 Å². The molecule has 3 aromatic rings. The standard InChI is InChI=1S/C25H21F3N4O4/c1-16-6-4-9-19(12-16)31-23(34)24(35)32-29-14-17-7-2-3-11-21(17)36-15-22(33)30-20-10-5-8-18(13-20)25(26,27)28/h2-14H,15H2,1H3,(H,30,33)(H,31,34)(H,32,35)/b29-14-. The normalized spacial score (nSPS) is 11.1. The number of halogens is 3. The summed E-state index contributed by atoms with van der Waals surface area (Å²) in [5.74, 6) is -2.36. The number of benzene rings is 3. The van der Waals surface area contributed by atoms with Crippen molar-refractivity contribution >= 4 is 35.3 Å². The number of anilines is 2. The Hall–Kier alpha value is -4.67. The smallest absolute Gasteiger partial charge is 0.416 e. The van der Waals surface area contributed by atoms with E-state index < -0.39 is 36.1 Å². The van der Waals surface area contributed by atoms with Crippen LogP contribution in [0.5, 0.6) is 5.75 Å². The maximum atomic E-state index is 12.8. The maximum absolute atomic E-state index is 12.8. The fraction of sp³-hybridized carbons (Fsp3) is 0.120. The Kier molecular flexibility index (Phi) is 8.39. The lowest BCUT2D eigenvalue weighted by Crippen LogP contribution is -2.32. The molecule has 0 atom stereocenters. The zero-order chi connectivity index (χ0) is 26.1. The lowest BCUT2D eigenvalue weighted by molar-refractivity contribution is -0.137. The molecule has 186 valence electrons. The van der Waals surface area contributed by atoms with Gasteiger partial charge in [-0.1, -0.05) is 30.3 Å². The molecule has 0 saturated carbocycles. The molecule has 3 aromatic carbocycles. The molecular formula is C25H21F3N4O4. The second-order valence-corrected chi connectivity index (χ2v) is 7.48. The number of para-hydroxylation sites is 1. The van der Waals surface area contributed by atoms with Crippen LogP contribution in [0.3, 0.4) is 0 Å². The minimum absolute atomic E-state index is 0.0278. The van der Waals surface area contributed by atoms with Gasteiger partial charge in [0, 0.05) is 16.9 Å². The highest BCUT2D eigenvalue weighted by molar-refractivity contribution is 6.39. The first-order valence-corrected chi connectivity index (χ1v) is 10.5. The number of carbonyl (C=O) groups is 3. The van der Waals surface area contributed by atoms with Crippen LogP contribution >= 0.6 is 0 Å². The van der Waals surface area contributed by atoms with E-state index in [4.69, 9.17) is 4.74 Å². The van der Waals surface area contributed by atoms with Crippen molar-refractivity contribution in [2.75, 3.05) is 17.2 Å². The molecule has 8 nitrogen and oxygen atoms in total. The molecule has 0 radical (unpaired) electrons. The van der Waals surface area contributed by atoms with Gasteiger partial charge < -0.3 is 15.4 Å². The number of ether oxygens (including phenoxy) is 1. The molecule has 0 aliphatic heterocycles. The van der Waals surface area contributed by atoms with Crippen LogP contribution in [0.2, 0.25) is 0 Å². The summed E-state index contributed by atoms with van der Waals surface area (Å²) in [4.78, 5) is 36.2. The van der Waals surface area contributed by atoms with Crippen LogP contribution < -0.4 is 20.8 Å². The van der Waals surface area contributed by atoms with E-state index in [2.05, 4.69) is 21.2 Å². The van der Waals surface area contributed by atoms with Gasteiger partial charge in [-0.25, -0.2) is 5.43 Å². The van der Waals surface area contributed by atoms with Crippen molar-refractivity contribution in [3.05, 3.63) is 89.5 Å². The summed E-state index contributed by atoms with van der Waals surface area (Å²) < 4.78 is 43.9. The maximum Gasteiger partial charge on any atom is 0.416 e. The number of hydrogen-bond donors (Lipinski definition) is 3. The molecule has 0 bridgehead atoms. The Labute approximate surface area is 204 Å². The van der Waals surface area contributed by atoms with Crippen molar-refractivity contribution in [2.24, 2.45) is 5.10 Å². The zero-order valence-corrected chi connectivity index (χ0v) is 18.9. The molecule has 0 heterocycles. The first-order valence-electron chi connectivity index (χ1n) is 10.5. The van der Waals surface area contributed by atoms with Gasteiger partial charge in [-0.15, -0.1) is 0 Å². The molecular weight excluding hydrogens is 477 g/mol. The van der Waals surface area contributed by atoms with Gasteiger partial charge in [-0.2, -0.15) is 18.3 Å². The number of amides is 3. The molecule has 0 spiro atoms. The van der Waals surface area contributed by atoms with E-state index in [1.54, 1.807) is 36.4 Å². The molecule has 0 unspecified atom stereocenters. The first kappa shape index (κ1) is 25.9. The van der Waals surface area contributed by atoms with Crippen LogP contribution in [0.1, 0.15) is 16.7 Å². The molecule has 3 N–H and O–H groups in total. The molecule has 0 fully saturated rings. The van der Waals surface area contributed by atoms with Crippen molar-refractivity contribution in [2.45, 2.75) is 13.1 Å². The fourth-order valence-electron chi connectivity index (χ4n) is 2.95. The van der Waals surface area contributed by atoms with Gasteiger partial charge in [0.05, 0.1) is 11.8 Å². The van der Waals surface area contributed by atoms with E-state index in [0.717, 1.165) is 17.7 Å². The Morgan fingerprint density at radius 2 is 1.58 bits per heavy atom. The van der Waals surface area contributed by atoms with E-state index in [0.29, 0.717) is 11.3 Å². The van der Waals surface area contributed by atoms with Crippen LogP contribution in [0, 0.1) is 6.92 Å². The third-order valence-electron chi connectivity index (χ3n) is 4.60. The summed E-state index contributed by atoms with van der Waals surface area (Å²) in [6.45, 7) is 1.35. The monoisotopic (exact) mass is 498 g/mol. The van der Waals surface area contributed by atoms with E-state index in [1.165, 1.54) is 24.4 Å². The first-order chi connectivity index (χ1) is 17.1. The average molecular weight is 498 g/mol. The molecule has 3 amide bonds. The number of carbonyl (C=O) groups excluding carboxylic acids is 3. The quantitative estimate of drug-likeness (QED) is 0.259. The predicted octanol–water partition coefficient (Wildman–Crippen LogP) is 4.12. The summed E-state index contributed by atoms with van der Waals surface area (Å²) >= 11 is 0. The highest BCUT2D eigenvalue weighted by Crippen LogP contribution is 2.30. The SMILES string of the molecule is Cc1cccc(NC(=O)C(=O)N/N=C\c2ccccc2OCC(=O)Nc2cccc(C(F)(F)F)c2)c1. The Morgan fingerprint density at radius 1 is 0.889 bits per heavy atom. The van der Waals surface area contributed by atoms with Crippen molar-refractivity contribution in [3.63, 3.8) is 0 Å². The van der Waals surface area contributed by atoms with E-state index in [1.807, 2.05) is 13.0 Å². The number of hydrazone groups is 1. The third kappa shape index (κ3) is 7.69. The minimum atomic E-state index is -4.54. The molecule has 0 aromatic heterocycles. The average Bonchev–Trinajstić information content (AvgIpc) is 2.83. The summed E-state index contributed by atoms with van der Waals surface area (Å²) in [5, 5.41) is 8.53. The van der Waals surface area contributed by atoms with E-state index in [9.17, 15) is 27.6 Å². The van der Waals surface area contributed by atoms with Crippen molar-refractivity contribution < 1.29 is 32.3 Å². The van der Waals surface area contributed by atoms with Crippen molar-refractivity contribution in [1.29, 1.82) is 0 Å². The van der Waals surface area contributed by atoms with Crippen molar-refractivity contribution in [1.82, 2.24) is 5.43 Å². The Morgan fingerprint density at radius 3 is 2.31 bits per heavy atom. The lowest BCUT2D eigenvalue weighted by Gasteiger charge is -2.11. The topological polar surface area (TPSA) is 109 Å². The second kappa shape index (κ2) is 11.6. The van der Waals surface area contributed by atoms with Crippen molar-refractivity contribution in [3.8, 4) is 5.75 Å². The largest absolute Gasteiger partial charge is 0.483 e. The molecule has 36 heavy (non-hydrogen) atoms. The number of nitrogens with zero attached hydrogens (tertiary/aromatic N) is 1. The number of alkyl halides is 3. The third-order valence-corrected chi connectivity index (χ3v) is 4.60. The van der Waals surface area contributed by atoms with Crippen LogP contribution in [0.15, 0.2) is 77.9 Å². The number of nitrogens with one attached hydrogen (secondary N) is 3. The minimum Gasteiger partial charge on any atom is -0.483 e. The van der Waals surface area contributed by atoms with Gasteiger partial charge in [0.1, 0.15) is 5.75 Å². The van der Waals surface area contributed by atoms with Gasteiger partial charge in [0.25, 0.3) is 5.91 Å². The second-order valence-electron chi connectivity index (χ2n) is 7.48. The van der Waals surface area contributed by atoms with E-state index >= 15 is 0 Å². The van der Waals surface area contributed by atoms with Crippen LogP contribution in [0.4, 0.5) is 24.5 Å². The van der Waals surface area contributed by atoms with Gasteiger partial charge >= 0.3 is 18.0 Å².